The van der Waals surface area contributed by atoms with E-state index in [-0.39, 0.29) is 5.54 Å². The lowest BCUT2D eigenvalue weighted by molar-refractivity contribution is 0.424. The summed E-state index contributed by atoms with van der Waals surface area (Å²) in [6, 6.07) is 5.83. The zero-order valence-corrected chi connectivity index (χ0v) is 11.0. The van der Waals surface area contributed by atoms with Crippen LogP contribution in [0.2, 0.25) is 5.02 Å². The third kappa shape index (κ3) is 3.99. The quantitative estimate of drug-likeness (QED) is 0.861. The molecule has 0 amide bonds. The Morgan fingerprint density at radius 1 is 1.36 bits per heavy atom. The third-order valence-corrected chi connectivity index (χ3v) is 2.83. The number of nitrogens with one attached hydrogen (secondary N) is 1. The first kappa shape index (κ1) is 12.0. The second-order valence-corrected chi connectivity index (χ2v) is 5.63. The van der Waals surface area contributed by atoms with Crippen molar-refractivity contribution in [3.05, 3.63) is 33.3 Å². The van der Waals surface area contributed by atoms with Crippen molar-refractivity contribution in [3.63, 3.8) is 0 Å². The average molecular weight is 277 g/mol. The Labute approximate surface area is 99.0 Å². The summed E-state index contributed by atoms with van der Waals surface area (Å²) in [5, 5.41) is 4.19. The molecule has 0 aliphatic rings. The van der Waals surface area contributed by atoms with Crippen LogP contribution in [0.1, 0.15) is 26.3 Å². The molecule has 0 atom stereocenters. The molecule has 0 aliphatic carbocycles. The minimum Gasteiger partial charge on any atom is -0.308 e. The Morgan fingerprint density at radius 2 is 2.00 bits per heavy atom. The van der Waals surface area contributed by atoms with Crippen molar-refractivity contribution in [2.24, 2.45) is 0 Å². The van der Waals surface area contributed by atoms with Gasteiger partial charge in [0.25, 0.3) is 0 Å². The van der Waals surface area contributed by atoms with Gasteiger partial charge in [-0.05, 0) is 44.5 Å². The number of halogens is 2. The van der Waals surface area contributed by atoms with Crippen molar-refractivity contribution in [3.8, 4) is 0 Å². The van der Waals surface area contributed by atoms with E-state index >= 15 is 0 Å². The second-order valence-electron chi connectivity index (χ2n) is 4.34. The smallest absolute Gasteiger partial charge is 0.0410 e. The number of hydrogen-bond donors (Lipinski definition) is 1. The average Bonchev–Trinajstić information content (AvgIpc) is 2.05. The molecular formula is C11H15BrClN. The molecule has 0 bridgehead atoms. The van der Waals surface area contributed by atoms with Crippen LogP contribution in [-0.4, -0.2) is 5.54 Å². The van der Waals surface area contributed by atoms with Crippen LogP contribution in [0.5, 0.6) is 0 Å². The molecule has 3 heteroatoms. The summed E-state index contributed by atoms with van der Waals surface area (Å²) in [6.45, 7) is 7.26. The monoisotopic (exact) mass is 275 g/mol. The molecule has 0 fully saturated rings. The van der Waals surface area contributed by atoms with Crippen molar-refractivity contribution < 1.29 is 0 Å². The maximum absolute atomic E-state index is 5.92. The lowest BCUT2D eigenvalue weighted by Crippen LogP contribution is -2.35. The molecule has 0 radical (unpaired) electrons. The molecule has 1 aromatic rings. The van der Waals surface area contributed by atoms with Gasteiger partial charge < -0.3 is 5.32 Å². The zero-order valence-electron chi connectivity index (χ0n) is 8.70. The van der Waals surface area contributed by atoms with Gasteiger partial charge in [-0.25, -0.2) is 0 Å². The fraction of sp³-hybridized carbons (Fsp3) is 0.455. The predicted molar refractivity (Wildman–Crippen MR) is 65.7 cm³/mol. The van der Waals surface area contributed by atoms with Gasteiger partial charge in [-0.1, -0.05) is 27.5 Å². The highest BCUT2D eigenvalue weighted by Gasteiger charge is 2.09. The van der Waals surface area contributed by atoms with Crippen LogP contribution in [0.4, 0.5) is 0 Å². The summed E-state index contributed by atoms with van der Waals surface area (Å²) in [5.74, 6) is 0. The first-order chi connectivity index (χ1) is 6.38. The summed E-state index contributed by atoms with van der Waals surface area (Å²) in [5.41, 5.74) is 1.31. The van der Waals surface area contributed by atoms with Crippen molar-refractivity contribution in [2.45, 2.75) is 32.9 Å². The van der Waals surface area contributed by atoms with E-state index in [4.69, 9.17) is 11.6 Å². The van der Waals surface area contributed by atoms with E-state index in [0.29, 0.717) is 0 Å². The normalized spacial score (nSPS) is 11.8. The van der Waals surface area contributed by atoms with Crippen LogP contribution < -0.4 is 5.32 Å². The van der Waals surface area contributed by atoms with Gasteiger partial charge in [-0.3, -0.25) is 0 Å². The van der Waals surface area contributed by atoms with Crippen molar-refractivity contribution in [2.75, 3.05) is 0 Å². The Balaban J connectivity index is 2.72. The fourth-order valence-electron chi connectivity index (χ4n) is 1.04. The molecule has 0 aliphatic heterocycles. The third-order valence-electron chi connectivity index (χ3n) is 1.82. The Morgan fingerprint density at radius 3 is 2.57 bits per heavy atom. The summed E-state index contributed by atoms with van der Waals surface area (Å²) in [7, 11) is 0. The standard InChI is InChI=1S/C11H15BrClN/c1-11(2,3)14-7-8-6-9(13)4-5-10(8)12/h4-6,14H,7H2,1-3H3. The second kappa shape index (κ2) is 4.65. The lowest BCUT2D eigenvalue weighted by Gasteiger charge is -2.21. The molecule has 1 nitrogen and oxygen atoms in total. The maximum Gasteiger partial charge on any atom is 0.0410 e. The summed E-state index contributed by atoms with van der Waals surface area (Å²) in [4.78, 5) is 0. The molecule has 0 unspecified atom stereocenters. The van der Waals surface area contributed by atoms with Gasteiger partial charge in [-0.2, -0.15) is 0 Å². The van der Waals surface area contributed by atoms with Gasteiger partial charge in [-0.15, -0.1) is 0 Å². The van der Waals surface area contributed by atoms with Gasteiger partial charge in [0, 0.05) is 21.6 Å². The predicted octanol–water partition coefficient (Wildman–Crippen LogP) is 3.99. The molecule has 78 valence electrons. The van der Waals surface area contributed by atoms with Crippen molar-refractivity contribution >= 4 is 27.5 Å². The summed E-state index contributed by atoms with van der Waals surface area (Å²) >= 11 is 9.42. The van der Waals surface area contributed by atoms with Crippen molar-refractivity contribution in [1.82, 2.24) is 5.32 Å². The van der Waals surface area contributed by atoms with Gasteiger partial charge >= 0.3 is 0 Å². The molecule has 1 rings (SSSR count). The van der Waals surface area contributed by atoms with E-state index in [1.54, 1.807) is 0 Å². The molecule has 0 saturated heterocycles. The molecule has 0 spiro atoms. The number of benzene rings is 1. The molecule has 0 heterocycles. The first-order valence-electron chi connectivity index (χ1n) is 4.57. The zero-order chi connectivity index (χ0) is 10.8. The molecular weight excluding hydrogens is 261 g/mol. The van der Waals surface area contributed by atoms with Gasteiger partial charge in [0.15, 0.2) is 0 Å². The number of rotatable bonds is 2. The highest BCUT2D eigenvalue weighted by Crippen LogP contribution is 2.21. The van der Waals surface area contributed by atoms with Crippen LogP contribution in [0, 0.1) is 0 Å². The molecule has 14 heavy (non-hydrogen) atoms. The van der Waals surface area contributed by atoms with Gasteiger partial charge in [0.2, 0.25) is 0 Å². The van der Waals surface area contributed by atoms with E-state index in [9.17, 15) is 0 Å². The minimum atomic E-state index is 0.127. The topological polar surface area (TPSA) is 12.0 Å². The van der Waals surface area contributed by atoms with E-state index in [0.717, 1.165) is 16.0 Å². The Hall–Kier alpha value is -0.0500. The van der Waals surface area contributed by atoms with Crippen LogP contribution >= 0.6 is 27.5 Å². The van der Waals surface area contributed by atoms with Gasteiger partial charge in [0.1, 0.15) is 0 Å². The van der Waals surface area contributed by atoms with E-state index in [2.05, 4.69) is 42.0 Å². The van der Waals surface area contributed by atoms with Crippen LogP contribution in [0.15, 0.2) is 22.7 Å². The van der Waals surface area contributed by atoms with E-state index in [1.807, 2.05) is 18.2 Å². The van der Waals surface area contributed by atoms with E-state index < -0.39 is 0 Å². The van der Waals surface area contributed by atoms with Crippen LogP contribution in [0.3, 0.4) is 0 Å². The molecule has 1 aromatic carbocycles. The van der Waals surface area contributed by atoms with E-state index in [1.165, 1.54) is 5.56 Å². The fourth-order valence-corrected chi connectivity index (χ4v) is 1.62. The van der Waals surface area contributed by atoms with Crippen LogP contribution in [0.25, 0.3) is 0 Å². The Bertz CT molecular complexity index is 318. The van der Waals surface area contributed by atoms with Crippen LogP contribution in [-0.2, 0) is 6.54 Å². The minimum absolute atomic E-state index is 0.127. The summed E-state index contributed by atoms with van der Waals surface area (Å²) < 4.78 is 1.10. The maximum atomic E-state index is 5.92. The lowest BCUT2D eigenvalue weighted by atomic mass is 10.1. The molecule has 1 N–H and O–H groups in total. The largest absolute Gasteiger partial charge is 0.308 e. The van der Waals surface area contributed by atoms with Crippen molar-refractivity contribution in [1.29, 1.82) is 0 Å². The summed E-state index contributed by atoms with van der Waals surface area (Å²) in [6.07, 6.45) is 0. The highest BCUT2D eigenvalue weighted by molar-refractivity contribution is 9.10. The SMILES string of the molecule is CC(C)(C)NCc1cc(Cl)ccc1Br. The number of hydrogen-bond acceptors (Lipinski definition) is 1. The highest BCUT2D eigenvalue weighted by atomic mass is 79.9. The van der Waals surface area contributed by atoms with Gasteiger partial charge in [0.05, 0.1) is 0 Å². The molecule has 0 saturated carbocycles. The Kier molecular flexibility index (Phi) is 3.99. The first-order valence-corrected chi connectivity index (χ1v) is 5.74. The molecule has 0 aromatic heterocycles.